The van der Waals surface area contributed by atoms with E-state index >= 15 is 0 Å². The molecule has 0 aliphatic carbocycles. The molecule has 0 atom stereocenters. The number of aryl methyl sites for hydroxylation is 1. The highest BCUT2D eigenvalue weighted by atomic mass is 32.1. The van der Waals surface area contributed by atoms with Crippen LogP contribution in [0.2, 0.25) is 6.04 Å². The van der Waals surface area contributed by atoms with Crippen LogP contribution in [0.25, 0.3) is 0 Å². The first kappa shape index (κ1) is 19.7. The van der Waals surface area contributed by atoms with Crippen LogP contribution < -0.4 is 0 Å². The van der Waals surface area contributed by atoms with E-state index < -0.39 is 8.80 Å². The molecular formula is C13H28N2O3SSi. The normalized spacial score (nSPS) is 11.1. The van der Waals surface area contributed by atoms with Gasteiger partial charge in [-0.05, 0) is 32.9 Å². The van der Waals surface area contributed by atoms with E-state index in [1.54, 1.807) is 12.5 Å². The van der Waals surface area contributed by atoms with Crippen LogP contribution >= 0.6 is 12.6 Å². The van der Waals surface area contributed by atoms with Crippen LogP contribution in [0, 0.1) is 0 Å². The van der Waals surface area contributed by atoms with E-state index in [1.807, 2.05) is 38.6 Å². The Bertz CT molecular complexity index is 296. The van der Waals surface area contributed by atoms with Crippen molar-refractivity contribution >= 4 is 21.4 Å². The van der Waals surface area contributed by atoms with Gasteiger partial charge in [0, 0.05) is 45.3 Å². The van der Waals surface area contributed by atoms with E-state index in [-0.39, 0.29) is 0 Å². The second-order valence-electron chi connectivity index (χ2n) is 4.04. The zero-order chi connectivity index (χ0) is 15.3. The Morgan fingerprint density at radius 3 is 1.90 bits per heavy atom. The predicted octanol–water partition coefficient (Wildman–Crippen LogP) is 2.77. The Morgan fingerprint density at radius 2 is 1.65 bits per heavy atom. The van der Waals surface area contributed by atoms with Gasteiger partial charge in [-0.15, -0.1) is 0 Å². The fourth-order valence-electron chi connectivity index (χ4n) is 1.62. The number of hydrogen-bond acceptors (Lipinski definition) is 5. The SMILES string of the molecule is CCO[Si](CCCS)(OCC)OCC.Cn1ccnc1. The van der Waals surface area contributed by atoms with E-state index in [4.69, 9.17) is 13.3 Å². The molecule has 0 saturated heterocycles. The summed E-state index contributed by atoms with van der Waals surface area (Å²) in [4.78, 5) is 3.78. The maximum absolute atomic E-state index is 5.67. The van der Waals surface area contributed by atoms with Gasteiger partial charge < -0.3 is 17.8 Å². The maximum atomic E-state index is 5.67. The van der Waals surface area contributed by atoms with E-state index in [9.17, 15) is 0 Å². The highest BCUT2D eigenvalue weighted by Gasteiger charge is 2.39. The average molecular weight is 321 g/mol. The van der Waals surface area contributed by atoms with E-state index in [2.05, 4.69) is 17.6 Å². The summed E-state index contributed by atoms with van der Waals surface area (Å²) in [6.45, 7) is 7.87. The third kappa shape index (κ3) is 8.75. The molecule has 0 amide bonds. The smallest absolute Gasteiger partial charge is 0.374 e. The lowest BCUT2D eigenvalue weighted by molar-refractivity contribution is 0.0712. The van der Waals surface area contributed by atoms with Gasteiger partial charge in [-0.2, -0.15) is 12.6 Å². The second-order valence-corrected chi connectivity index (χ2v) is 7.22. The standard InChI is InChI=1S/C9H22O3SSi.C4H6N2/c1-4-10-14(11-5-2,12-6-3)9-7-8-13;1-6-3-2-5-4-6/h13H,4-9H2,1-3H3;2-4H,1H3. The summed E-state index contributed by atoms with van der Waals surface area (Å²) in [5, 5.41) is 0. The first-order valence-electron chi connectivity index (χ1n) is 7.08. The molecule has 0 unspecified atom stereocenters. The highest BCUT2D eigenvalue weighted by Crippen LogP contribution is 2.18. The molecule has 1 rings (SSSR count). The van der Waals surface area contributed by atoms with Gasteiger partial charge in [0.25, 0.3) is 0 Å². The lowest BCUT2D eigenvalue weighted by atomic mass is 10.6. The third-order valence-electron chi connectivity index (χ3n) is 2.37. The van der Waals surface area contributed by atoms with Gasteiger partial charge >= 0.3 is 8.80 Å². The maximum Gasteiger partial charge on any atom is 0.500 e. The van der Waals surface area contributed by atoms with Crippen molar-refractivity contribution in [2.45, 2.75) is 33.2 Å². The Labute approximate surface area is 129 Å². The molecule has 0 aliphatic heterocycles. The second kappa shape index (κ2) is 12.4. The van der Waals surface area contributed by atoms with Crippen molar-refractivity contribution in [2.75, 3.05) is 25.6 Å². The van der Waals surface area contributed by atoms with Crippen molar-refractivity contribution < 1.29 is 13.3 Å². The minimum Gasteiger partial charge on any atom is -0.374 e. The average Bonchev–Trinajstić information content (AvgIpc) is 2.89. The molecule has 0 aromatic carbocycles. The van der Waals surface area contributed by atoms with E-state index in [0.29, 0.717) is 19.8 Å². The van der Waals surface area contributed by atoms with Crippen LogP contribution in [0.1, 0.15) is 27.2 Å². The molecular weight excluding hydrogens is 292 g/mol. The molecule has 5 nitrogen and oxygen atoms in total. The Balaban J connectivity index is 0.000000493. The molecule has 0 bridgehead atoms. The van der Waals surface area contributed by atoms with Crippen molar-refractivity contribution in [3.8, 4) is 0 Å². The van der Waals surface area contributed by atoms with E-state index in [0.717, 1.165) is 18.2 Å². The Morgan fingerprint density at radius 1 is 1.10 bits per heavy atom. The molecule has 20 heavy (non-hydrogen) atoms. The summed E-state index contributed by atoms with van der Waals surface area (Å²) >= 11 is 4.19. The number of thiol groups is 1. The van der Waals surface area contributed by atoms with Crippen LogP contribution in [0.5, 0.6) is 0 Å². The molecule has 1 aromatic rings. The topological polar surface area (TPSA) is 45.5 Å². The summed E-state index contributed by atoms with van der Waals surface area (Å²) in [7, 11) is -0.428. The molecule has 0 fully saturated rings. The molecule has 1 heterocycles. The predicted molar refractivity (Wildman–Crippen MR) is 87.1 cm³/mol. The molecule has 0 saturated carbocycles. The molecule has 118 valence electrons. The van der Waals surface area contributed by atoms with Gasteiger partial charge in [-0.25, -0.2) is 4.98 Å². The van der Waals surface area contributed by atoms with Crippen molar-refractivity contribution in [2.24, 2.45) is 7.05 Å². The van der Waals surface area contributed by atoms with E-state index in [1.165, 1.54) is 0 Å². The zero-order valence-electron chi connectivity index (χ0n) is 13.0. The minimum atomic E-state index is -2.37. The summed E-state index contributed by atoms with van der Waals surface area (Å²) < 4.78 is 18.9. The van der Waals surface area contributed by atoms with Gasteiger partial charge in [0.15, 0.2) is 0 Å². The van der Waals surface area contributed by atoms with Crippen LogP contribution in [0.4, 0.5) is 0 Å². The summed E-state index contributed by atoms with van der Waals surface area (Å²) in [6.07, 6.45) is 6.37. The Kier molecular flexibility index (Phi) is 12.2. The molecule has 0 spiro atoms. The van der Waals surface area contributed by atoms with Crippen molar-refractivity contribution in [3.05, 3.63) is 18.7 Å². The summed E-state index contributed by atoms with van der Waals surface area (Å²) in [5.41, 5.74) is 0. The molecule has 0 N–H and O–H groups in total. The van der Waals surface area contributed by atoms with Crippen LogP contribution in [-0.2, 0) is 20.3 Å². The number of nitrogens with zero attached hydrogens (tertiary/aromatic N) is 2. The van der Waals surface area contributed by atoms with Gasteiger partial charge in [0.2, 0.25) is 0 Å². The fourth-order valence-corrected chi connectivity index (χ4v) is 4.69. The summed E-state index contributed by atoms with van der Waals surface area (Å²) in [6, 6.07) is 0.867. The Hall–Kier alpha value is -0.343. The highest BCUT2D eigenvalue weighted by molar-refractivity contribution is 7.80. The molecule has 0 aliphatic rings. The van der Waals surface area contributed by atoms with Gasteiger partial charge in [-0.3, -0.25) is 0 Å². The van der Waals surface area contributed by atoms with Gasteiger partial charge in [0.1, 0.15) is 0 Å². The monoisotopic (exact) mass is 320 g/mol. The number of hydrogen-bond donors (Lipinski definition) is 1. The number of imidazole rings is 1. The van der Waals surface area contributed by atoms with Crippen LogP contribution in [0.3, 0.4) is 0 Å². The minimum absolute atomic E-state index is 0.652. The number of rotatable bonds is 9. The largest absolute Gasteiger partial charge is 0.500 e. The van der Waals surface area contributed by atoms with Crippen molar-refractivity contribution in [1.29, 1.82) is 0 Å². The number of aromatic nitrogens is 2. The molecule has 1 aromatic heterocycles. The first-order chi connectivity index (χ1) is 9.64. The molecule has 7 heteroatoms. The van der Waals surface area contributed by atoms with Crippen molar-refractivity contribution in [3.63, 3.8) is 0 Å². The lowest BCUT2D eigenvalue weighted by Gasteiger charge is -2.28. The first-order valence-corrected chi connectivity index (χ1v) is 9.65. The quantitative estimate of drug-likeness (QED) is 0.561. The van der Waals surface area contributed by atoms with Gasteiger partial charge in [-0.1, -0.05) is 0 Å². The fraction of sp³-hybridized carbons (Fsp3) is 0.769. The van der Waals surface area contributed by atoms with Crippen molar-refractivity contribution in [1.82, 2.24) is 9.55 Å². The zero-order valence-corrected chi connectivity index (χ0v) is 14.9. The van der Waals surface area contributed by atoms with Gasteiger partial charge in [0.05, 0.1) is 6.33 Å². The van der Waals surface area contributed by atoms with Crippen LogP contribution in [0.15, 0.2) is 18.7 Å². The third-order valence-corrected chi connectivity index (χ3v) is 5.84. The summed E-state index contributed by atoms with van der Waals surface area (Å²) in [5.74, 6) is 0.849. The molecule has 0 radical (unpaired) electrons. The van der Waals surface area contributed by atoms with Crippen LogP contribution in [-0.4, -0.2) is 43.9 Å². The lowest BCUT2D eigenvalue weighted by Crippen LogP contribution is -2.46.